The van der Waals surface area contributed by atoms with Gasteiger partial charge in [-0.25, -0.2) is 9.78 Å². The molecule has 142 valence electrons. The molecule has 0 saturated heterocycles. The normalized spacial score (nSPS) is 14.1. The quantitative estimate of drug-likeness (QED) is 0.736. The van der Waals surface area contributed by atoms with Crippen molar-refractivity contribution in [2.24, 2.45) is 0 Å². The number of aryl methyl sites for hydroxylation is 1. The second-order valence-corrected chi connectivity index (χ2v) is 7.58. The van der Waals surface area contributed by atoms with Crippen LogP contribution >= 0.6 is 11.3 Å². The molecular weight excluding hydrogens is 366 g/mol. The Hall–Kier alpha value is -2.88. The van der Waals surface area contributed by atoms with Gasteiger partial charge < -0.3 is 15.1 Å². The number of rotatable bonds is 3. The molecule has 27 heavy (non-hydrogen) atoms. The van der Waals surface area contributed by atoms with E-state index in [2.05, 4.69) is 15.4 Å². The molecule has 3 aromatic rings. The van der Waals surface area contributed by atoms with Crippen LogP contribution in [0.3, 0.4) is 0 Å². The van der Waals surface area contributed by atoms with Gasteiger partial charge in [0, 0.05) is 45.0 Å². The lowest BCUT2D eigenvalue weighted by atomic mass is 10.3. The minimum absolute atomic E-state index is 0.000692. The fourth-order valence-corrected chi connectivity index (χ4v) is 3.85. The van der Waals surface area contributed by atoms with Gasteiger partial charge in [-0.3, -0.25) is 13.9 Å². The molecule has 9 nitrogen and oxygen atoms in total. The topological polar surface area (TPSA) is 87.8 Å². The second kappa shape index (κ2) is 7.03. The summed E-state index contributed by atoms with van der Waals surface area (Å²) in [5, 5.41) is 9.37. The van der Waals surface area contributed by atoms with E-state index in [9.17, 15) is 9.59 Å². The van der Waals surface area contributed by atoms with Crippen molar-refractivity contribution < 1.29 is 9.59 Å². The summed E-state index contributed by atoms with van der Waals surface area (Å²) in [5.74, 6) is -0.224. The van der Waals surface area contributed by atoms with Gasteiger partial charge in [-0.05, 0) is 12.5 Å². The van der Waals surface area contributed by atoms with E-state index in [0.29, 0.717) is 25.3 Å². The van der Waals surface area contributed by atoms with Crippen LogP contribution in [0, 0.1) is 0 Å². The molecule has 1 aliphatic heterocycles. The zero-order valence-corrected chi connectivity index (χ0v) is 16.1. The number of imidazole rings is 1. The van der Waals surface area contributed by atoms with E-state index < -0.39 is 0 Å². The maximum Gasteiger partial charge on any atom is 0.319 e. The monoisotopic (exact) mass is 387 g/mol. The molecule has 3 amide bonds. The van der Waals surface area contributed by atoms with E-state index in [1.807, 2.05) is 31.6 Å². The largest absolute Gasteiger partial charge is 0.345 e. The van der Waals surface area contributed by atoms with Crippen molar-refractivity contribution in [3.05, 3.63) is 40.9 Å². The molecule has 0 aliphatic carbocycles. The molecule has 0 unspecified atom stereocenters. The molecular formula is C17H21N7O2S. The molecule has 0 atom stereocenters. The molecule has 1 aliphatic rings. The van der Waals surface area contributed by atoms with Crippen LogP contribution < -0.4 is 5.32 Å². The number of amides is 3. The Morgan fingerprint density at radius 2 is 2.19 bits per heavy atom. The molecule has 0 fully saturated rings. The third kappa shape index (κ3) is 3.52. The van der Waals surface area contributed by atoms with Gasteiger partial charge in [-0.15, -0.1) is 11.3 Å². The fraction of sp³-hybridized carbons (Fsp3) is 0.412. The van der Waals surface area contributed by atoms with Crippen LogP contribution in [0.5, 0.6) is 0 Å². The Labute approximate surface area is 160 Å². The summed E-state index contributed by atoms with van der Waals surface area (Å²) in [6, 6.07) is 1.95. The van der Waals surface area contributed by atoms with E-state index in [1.54, 1.807) is 25.2 Å². The number of carbonyl (C=O) groups is 2. The van der Waals surface area contributed by atoms with E-state index >= 15 is 0 Å². The van der Waals surface area contributed by atoms with Crippen molar-refractivity contribution in [1.82, 2.24) is 34.3 Å². The first-order valence-corrected chi connectivity index (χ1v) is 9.61. The Kier molecular flexibility index (Phi) is 4.56. The third-order valence-corrected chi connectivity index (χ3v) is 5.24. The molecule has 0 bridgehead atoms. The number of fused-ring (bicyclic) bond motifs is 2. The predicted octanol–water partition coefficient (Wildman–Crippen LogP) is 1.41. The average molecular weight is 387 g/mol. The van der Waals surface area contributed by atoms with Crippen molar-refractivity contribution in [1.29, 1.82) is 0 Å². The highest BCUT2D eigenvalue weighted by Crippen LogP contribution is 2.15. The maximum absolute atomic E-state index is 12.3. The summed E-state index contributed by atoms with van der Waals surface area (Å²) in [7, 11) is 3.51. The number of hydrogen-bond donors (Lipinski definition) is 1. The first-order chi connectivity index (χ1) is 13.0. The lowest BCUT2D eigenvalue weighted by Gasteiger charge is -2.23. The number of nitrogens with zero attached hydrogens (tertiary/aromatic N) is 6. The van der Waals surface area contributed by atoms with E-state index in [0.717, 1.165) is 29.3 Å². The molecule has 4 heterocycles. The van der Waals surface area contributed by atoms with Crippen molar-refractivity contribution in [3.8, 4) is 0 Å². The van der Waals surface area contributed by atoms with Crippen molar-refractivity contribution in [2.45, 2.75) is 26.1 Å². The van der Waals surface area contributed by atoms with Crippen LogP contribution in [0.1, 0.15) is 28.3 Å². The molecule has 10 heteroatoms. The smallest absolute Gasteiger partial charge is 0.319 e. The Morgan fingerprint density at radius 1 is 1.33 bits per heavy atom. The zero-order chi connectivity index (χ0) is 19.0. The molecule has 1 N–H and O–H groups in total. The highest BCUT2D eigenvalue weighted by molar-refractivity contribution is 7.15. The van der Waals surface area contributed by atoms with Crippen LogP contribution in [0.25, 0.3) is 4.96 Å². The molecule has 0 spiro atoms. The van der Waals surface area contributed by atoms with Gasteiger partial charge >= 0.3 is 6.03 Å². The van der Waals surface area contributed by atoms with E-state index in [4.69, 9.17) is 0 Å². The molecule has 0 saturated carbocycles. The molecule has 3 aromatic heterocycles. The van der Waals surface area contributed by atoms with Crippen molar-refractivity contribution in [2.75, 3.05) is 20.6 Å². The van der Waals surface area contributed by atoms with Crippen LogP contribution in [0.2, 0.25) is 0 Å². The van der Waals surface area contributed by atoms with Crippen molar-refractivity contribution >= 4 is 28.2 Å². The number of urea groups is 1. The lowest BCUT2D eigenvalue weighted by Crippen LogP contribution is -2.38. The average Bonchev–Trinajstić information content (AvgIpc) is 3.30. The Balaban J connectivity index is 1.42. The van der Waals surface area contributed by atoms with Crippen LogP contribution in [-0.2, 0) is 19.6 Å². The number of hydrogen-bond acceptors (Lipinski definition) is 5. The fourth-order valence-electron chi connectivity index (χ4n) is 3.15. The number of thiazole rings is 1. The van der Waals surface area contributed by atoms with Crippen molar-refractivity contribution in [3.63, 3.8) is 0 Å². The minimum Gasteiger partial charge on any atom is -0.345 e. The Bertz CT molecular complexity index is 958. The number of aromatic nitrogens is 4. The zero-order valence-electron chi connectivity index (χ0n) is 15.3. The highest BCUT2D eigenvalue weighted by Gasteiger charge is 2.22. The van der Waals surface area contributed by atoms with Gasteiger partial charge in [0.15, 0.2) is 4.96 Å². The number of carbonyl (C=O) groups excluding carboxylic acids is 2. The first-order valence-electron chi connectivity index (χ1n) is 8.73. The Morgan fingerprint density at radius 3 is 2.96 bits per heavy atom. The standard InChI is InChI=1S/C17H21N7O2S/c1-21(2)17(26)23-4-3-5-24-13(10-23)8-12(20-24)9-18-15(25)14-11-22-6-7-27-16(22)19-14/h6-8,11H,3-5,9-10H2,1-2H3,(H,18,25). The summed E-state index contributed by atoms with van der Waals surface area (Å²) in [6.07, 6.45) is 4.44. The van der Waals surface area contributed by atoms with Crippen LogP contribution in [0.4, 0.5) is 4.79 Å². The minimum atomic E-state index is -0.224. The summed E-state index contributed by atoms with van der Waals surface area (Å²) >= 11 is 1.49. The van der Waals surface area contributed by atoms with Gasteiger partial charge in [0.05, 0.1) is 24.5 Å². The summed E-state index contributed by atoms with van der Waals surface area (Å²) < 4.78 is 3.76. The van der Waals surface area contributed by atoms with E-state index in [1.165, 1.54) is 11.3 Å². The third-order valence-electron chi connectivity index (χ3n) is 4.47. The summed E-state index contributed by atoms with van der Waals surface area (Å²) in [4.78, 5) is 33.1. The van der Waals surface area contributed by atoms with Gasteiger partial charge in [0.2, 0.25) is 0 Å². The summed E-state index contributed by atoms with van der Waals surface area (Å²) in [5.41, 5.74) is 2.15. The molecule has 4 rings (SSSR count). The predicted molar refractivity (Wildman–Crippen MR) is 101 cm³/mol. The van der Waals surface area contributed by atoms with Crippen LogP contribution in [0.15, 0.2) is 23.8 Å². The first kappa shape index (κ1) is 17.5. The SMILES string of the molecule is CN(C)C(=O)N1CCCn2nc(CNC(=O)c3cn4ccsc4n3)cc2C1. The van der Waals surface area contributed by atoms with Gasteiger partial charge in [-0.2, -0.15) is 5.10 Å². The van der Waals surface area contributed by atoms with Gasteiger partial charge in [0.25, 0.3) is 5.91 Å². The van der Waals surface area contributed by atoms with Gasteiger partial charge in [0.1, 0.15) is 5.69 Å². The van der Waals surface area contributed by atoms with Gasteiger partial charge in [-0.1, -0.05) is 0 Å². The maximum atomic E-state index is 12.3. The lowest BCUT2D eigenvalue weighted by molar-refractivity contribution is 0.0946. The molecule has 0 aromatic carbocycles. The highest BCUT2D eigenvalue weighted by atomic mass is 32.1. The summed E-state index contributed by atoms with van der Waals surface area (Å²) in [6.45, 7) is 2.32. The van der Waals surface area contributed by atoms with Crippen LogP contribution in [-0.4, -0.2) is 61.5 Å². The molecule has 0 radical (unpaired) electrons. The second-order valence-electron chi connectivity index (χ2n) is 6.70. The number of nitrogens with one attached hydrogen (secondary N) is 1. The van der Waals surface area contributed by atoms with E-state index in [-0.39, 0.29) is 11.9 Å².